The van der Waals surface area contributed by atoms with E-state index in [9.17, 15) is 22.4 Å². The standard InChI is InChI=1S/C19H25F4N3O/c1-3-10(2)26-16(19(21,22)23)14(9-24-26)17(27)25-15-12-4-11-5-13(15)8-18(20,6-11)7-12/h9-13,15H,3-8H2,1-2H3,(H,25,27). The summed E-state index contributed by atoms with van der Waals surface area (Å²) in [5.74, 6) is -0.366. The molecular formula is C19H25F4N3O. The Morgan fingerprint density at radius 2 is 1.96 bits per heavy atom. The van der Waals surface area contributed by atoms with Gasteiger partial charge >= 0.3 is 6.18 Å². The number of amides is 1. The van der Waals surface area contributed by atoms with Crippen LogP contribution < -0.4 is 5.32 Å². The molecule has 0 aliphatic heterocycles. The number of carbonyl (C=O) groups is 1. The average Bonchev–Trinajstić information content (AvgIpc) is 3.01. The van der Waals surface area contributed by atoms with Crippen LogP contribution in [-0.2, 0) is 6.18 Å². The molecule has 27 heavy (non-hydrogen) atoms. The van der Waals surface area contributed by atoms with E-state index in [0.29, 0.717) is 31.6 Å². The first-order valence-corrected chi connectivity index (χ1v) is 9.76. The van der Waals surface area contributed by atoms with Crippen molar-refractivity contribution < 1.29 is 22.4 Å². The largest absolute Gasteiger partial charge is 0.433 e. The third-order valence-corrected chi connectivity index (χ3v) is 6.81. The van der Waals surface area contributed by atoms with Crippen LogP contribution in [0.5, 0.6) is 0 Å². The molecule has 5 rings (SSSR count). The molecule has 4 aliphatic rings. The number of halogens is 4. The fraction of sp³-hybridized carbons (Fsp3) is 0.789. The Kier molecular flexibility index (Phi) is 4.31. The molecule has 8 heteroatoms. The zero-order chi connectivity index (χ0) is 19.6. The summed E-state index contributed by atoms with van der Waals surface area (Å²) in [6.45, 7) is 3.41. The molecule has 4 bridgehead atoms. The van der Waals surface area contributed by atoms with Gasteiger partial charge in [0.25, 0.3) is 5.91 Å². The molecule has 4 saturated carbocycles. The molecule has 4 aliphatic carbocycles. The highest BCUT2D eigenvalue weighted by Gasteiger charge is 2.56. The summed E-state index contributed by atoms with van der Waals surface area (Å²) in [7, 11) is 0. The highest BCUT2D eigenvalue weighted by atomic mass is 19.4. The fourth-order valence-electron chi connectivity index (χ4n) is 5.71. The van der Waals surface area contributed by atoms with Crippen LogP contribution >= 0.6 is 0 Å². The molecule has 1 heterocycles. The number of rotatable bonds is 4. The molecule has 3 atom stereocenters. The molecule has 4 fully saturated rings. The van der Waals surface area contributed by atoms with Crippen LogP contribution in [0, 0.1) is 17.8 Å². The predicted octanol–water partition coefficient (Wildman–Crippen LogP) is 4.52. The van der Waals surface area contributed by atoms with Gasteiger partial charge in [0.15, 0.2) is 5.69 Å². The molecule has 1 N–H and O–H groups in total. The summed E-state index contributed by atoms with van der Waals surface area (Å²) in [4.78, 5) is 12.8. The SMILES string of the molecule is CCC(C)n1ncc(C(=O)NC2C3CC4CC2CC(F)(C4)C3)c1C(F)(F)F. The number of alkyl halides is 4. The maximum Gasteiger partial charge on any atom is 0.433 e. The molecule has 0 saturated heterocycles. The number of nitrogens with zero attached hydrogens (tertiary/aromatic N) is 2. The third-order valence-electron chi connectivity index (χ3n) is 6.81. The Bertz CT molecular complexity index is 728. The lowest BCUT2D eigenvalue weighted by molar-refractivity contribution is -0.145. The van der Waals surface area contributed by atoms with Crippen molar-refractivity contribution in [3.8, 4) is 0 Å². The Morgan fingerprint density at radius 1 is 1.33 bits per heavy atom. The molecule has 0 spiro atoms. The molecule has 150 valence electrons. The van der Waals surface area contributed by atoms with E-state index in [2.05, 4.69) is 10.4 Å². The summed E-state index contributed by atoms with van der Waals surface area (Å²) in [5, 5.41) is 6.67. The zero-order valence-corrected chi connectivity index (χ0v) is 15.5. The normalized spacial score (nSPS) is 36.1. The van der Waals surface area contributed by atoms with Crippen LogP contribution in [-0.4, -0.2) is 27.4 Å². The van der Waals surface area contributed by atoms with E-state index in [0.717, 1.165) is 23.7 Å². The number of carbonyl (C=O) groups excluding carboxylic acids is 1. The predicted molar refractivity (Wildman–Crippen MR) is 90.9 cm³/mol. The van der Waals surface area contributed by atoms with E-state index in [1.54, 1.807) is 13.8 Å². The highest BCUT2D eigenvalue weighted by molar-refractivity contribution is 5.95. The van der Waals surface area contributed by atoms with Crippen molar-refractivity contribution in [3.63, 3.8) is 0 Å². The van der Waals surface area contributed by atoms with Crippen LogP contribution in [0.3, 0.4) is 0 Å². The lowest BCUT2D eigenvalue weighted by Gasteiger charge is -2.56. The minimum Gasteiger partial charge on any atom is -0.349 e. The minimum atomic E-state index is -4.67. The van der Waals surface area contributed by atoms with Crippen molar-refractivity contribution in [1.29, 1.82) is 0 Å². The van der Waals surface area contributed by atoms with Crippen molar-refractivity contribution >= 4 is 5.91 Å². The molecule has 4 nitrogen and oxygen atoms in total. The zero-order valence-electron chi connectivity index (χ0n) is 15.5. The first-order valence-electron chi connectivity index (χ1n) is 9.76. The van der Waals surface area contributed by atoms with E-state index >= 15 is 0 Å². The smallest absolute Gasteiger partial charge is 0.349 e. The van der Waals surface area contributed by atoms with Gasteiger partial charge in [-0.25, -0.2) is 4.39 Å². The van der Waals surface area contributed by atoms with Crippen molar-refractivity contribution in [2.45, 2.75) is 76.3 Å². The molecule has 0 aromatic carbocycles. The van der Waals surface area contributed by atoms with Gasteiger partial charge in [0.1, 0.15) is 5.67 Å². The lowest BCUT2D eigenvalue weighted by Crippen LogP contribution is -2.60. The summed E-state index contributed by atoms with van der Waals surface area (Å²) >= 11 is 0. The van der Waals surface area contributed by atoms with Crippen LogP contribution in [0.2, 0.25) is 0 Å². The second-order valence-corrected chi connectivity index (χ2v) is 8.73. The summed E-state index contributed by atoms with van der Waals surface area (Å²) in [5.41, 5.74) is -2.58. The van der Waals surface area contributed by atoms with Gasteiger partial charge in [-0.05, 0) is 63.2 Å². The summed E-state index contributed by atoms with van der Waals surface area (Å²) in [6.07, 6.45) is -0.0704. The van der Waals surface area contributed by atoms with E-state index in [-0.39, 0.29) is 17.9 Å². The Morgan fingerprint density at radius 3 is 2.48 bits per heavy atom. The van der Waals surface area contributed by atoms with Gasteiger partial charge in [0.05, 0.1) is 11.8 Å². The first-order chi connectivity index (χ1) is 12.6. The third kappa shape index (κ3) is 3.14. The summed E-state index contributed by atoms with van der Waals surface area (Å²) in [6, 6.07) is -0.707. The molecule has 1 aromatic heterocycles. The monoisotopic (exact) mass is 387 g/mol. The Labute approximate surface area is 155 Å². The fourth-order valence-corrected chi connectivity index (χ4v) is 5.71. The van der Waals surface area contributed by atoms with Gasteiger partial charge in [-0.15, -0.1) is 0 Å². The molecule has 1 aromatic rings. The molecule has 1 amide bonds. The van der Waals surface area contributed by atoms with Crippen molar-refractivity contribution in [2.24, 2.45) is 17.8 Å². The highest BCUT2D eigenvalue weighted by Crippen LogP contribution is 2.57. The lowest BCUT2D eigenvalue weighted by atomic mass is 9.53. The molecular weight excluding hydrogens is 362 g/mol. The maximum atomic E-state index is 14.8. The minimum absolute atomic E-state index is 0.0177. The van der Waals surface area contributed by atoms with Gasteiger partial charge in [-0.3, -0.25) is 9.48 Å². The number of hydrogen-bond donors (Lipinski definition) is 1. The summed E-state index contributed by atoms with van der Waals surface area (Å²) < 4.78 is 56.6. The van der Waals surface area contributed by atoms with Gasteiger partial charge in [0.2, 0.25) is 0 Å². The van der Waals surface area contributed by atoms with Gasteiger partial charge in [-0.1, -0.05) is 6.92 Å². The molecule has 3 unspecified atom stereocenters. The maximum absolute atomic E-state index is 14.8. The number of hydrogen-bond acceptors (Lipinski definition) is 2. The van der Waals surface area contributed by atoms with Crippen molar-refractivity contribution in [1.82, 2.24) is 15.1 Å². The van der Waals surface area contributed by atoms with Gasteiger partial charge in [0, 0.05) is 12.1 Å². The van der Waals surface area contributed by atoms with Crippen LogP contribution in [0.1, 0.15) is 74.5 Å². The molecule has 0 radical (unpaired) electrons. The van der Waals surface area contributed by atoms with Crippen molar-refractivity contribution in [2.75, 3.05) is 0 Å². The van der Waals surface area contributed by atoms with Gasteiger partial charge < -0.3 is 5.32 Å². The Hall–Kier alpha value is -1.60. The van der Waals surface area contributed by atoms with Crippen molar-refractivity contribution in [3.05, 3.63) is 17.5 Å². The van der Waals surface area contributed by atoms with Crippen LogP contribution in [0.4, 0.5) is 17.6 Å². The average molecular weight is 387 g/mol. The van der Waals surface area contributed by atoms with Crippen LogP contribution in [0.15, 0.2) is 6.20 Å². The van der Waals surface area contributed by atoms with E-state index in [1.165, 1.54) is 0 Å². The number of aromatic nitrogens is 2. The number of nitrogens with one attached hydrogen (secondary N) is 1. The van der Waals surface area contributed by atoms with Gasteiger partial charge in [-0.2, -0.15) is 18.3 Å². The van der Waals surface area contributed by atoms with Crippen LogP contribution in [0.25, 0.3) is 0 Å². The second-order valence-electron chi connectivity index (χ2n) is 8.73. The Balaban J connectivity index is 1.58. The van der Waals surface area contributed by atoms with E-state index < -0.39 is 35.1 Å². The first kappa shape index (κ1) is 18.7. The van der Waals surface area contributed by atoms with E-state index in [1.807, 2.05) is 0 Å². The quantitative estimate of drug-likeness (QED) is 0.772. The second kappa shape index (κ2) is 6.21. The van der Waals surface area contributed by atoms with E-state index in [4.69, 9.17) is 0 Å². The topological polar surface area (TPSA) is 46.9 Å².